The fraction of sp³-hybridized carbons (Fsp3) is 0.333. The lowest BCUT2D eigenvalue weighted by atomic mass is 10.1. The van der Waals surface area contributed by atoms with Gasteiger partial charge >= 0.3 is 0 Å². The summed E-state index contributed by atoms with van der Waals surface area (Å²) < 4.78 is 1.42. The third kappa shape index (κ3) is 1.97. The number of aryl methyl sites for hydroxylation is 1. The van der Waals surface area contributed by atoms with Crippen molar-refractivity contribution >= 4 is 21.4 Å². The maximum absolute atomic E-state index is 5.76. The summed E-state index contributed by atoms with van der Waals surface area (Å²) in [6, 6.07) is 8.98. The summed E-state index contributed by atoms with van der Waals surface area (Å²) in [6.45, 7) is 2.06. The number of hydrogen-bond acceptors (Lipinski definition) is 2. The molecule has 1 aromatic heterocycles. The molecule has 2 rings (SSSR count). The minimum Gasteiger partial charge on any atom is -0.328 e. The molecule has 1 atom stereocenters. The average molecular weight is 205 g/mol. The van der Waals surface area contributed by atoms with Crippen molar-refractivity contribution < 1.29 is 0 Å². The normalized spacial score (nSPS) is 13.3. The lowest BCUT2D eigenvalue weighted by Gasteiger charge is -2.05. The van der Waals surface area contributed by atoms with E-state index in [1.807, 2.05) is 11.3 Å². The topological polar surface area (TPSA) is 26.0 Å². The zero-order chi connectivity index (χ0) is 9.97. The molecule has 2 N–H and O–H groups in total. The van der Waals surface area contributed by atoms with Crippen LogP contribution in [-0.2, 0) is 6.42 Å². The van der Waals surface area contributed by atoms with Gasteiger partial charge in [0.25, 0.3) is 0 Å². The molecule has 14 heavy (non-hydrogen) atoms. The first-order valence-corrected chi connectivity index (χ1v) is 5.86. The molecule has 2 heteroatoms. The van der Waals surface area contributed by atoms with Gasteiger partial charge in [0.05, 0.1) is 0 Å². The van der Waals surface area contributed by atoms with Crippen molar-refractivity contribution in [2.45, 2.75) is 25.8 Å². The Hall–Kier alpha value is -0.860. The predicted octanol–water partition coefficient (Wildman–Crippen LogP) is 3.18. The number of fused-ring (bicyclic) bond motifs is 1. The minimum atomic E-state index is 0.296. The summed E-state index contributed by atoms with van der Waals surface area (Å²) in [6.07, 6.45) is 2.16. The summed E-state index contributed by atoms with van der Waals surface area (Å²) in [5.41, 5.74) is 7.20. The van der Waals surface area contributed by atoms with E-state index in [9.17, 15) is 0 Å². The van der Waals surface area contributed by atoms with Crippen molar-refractivity contribution in [2.75, 3.05) is 0 Å². The molecule has 2 aromatic rings. The Kier molecular flexibility index (Phi) is 2.85. The summed E-state index contributed by atoms with van der Waals surface area (Å²) in [5, 5.41) is 3.51. The Morgan fingerprint density at radius 1 is 1.36 bits per heavy atom. The van der Waals surface area contributed by atoms with Crippen LogP contribution in [0.2, 0.25) is 0 Å². The van der Waals surface area contributed by atoms with Gasteiger partial charge in [0.2, 0.25) is 0 Å². The maximum atomic E-state index is 5.76. The highest BCUT2D eigenvalue weighted by atomic mass is 32.1. The molecule has 74 valence electrons. The fourth-order valence-electron chi connectivity index (χ4n) is 1.64. The van der Waals surface area contributed by atoms with E-state index in [1.54, 1.807) is 0 Å². The lowest BCUT2D eigenvalue weighted by molar-refractivity contribution is 0.668. The van der Waals surface area contributed by atoms with E-state index in [1.165, 1.54) is 15.6 Å². The highest BCUT2D eigenvalue weighted by Gasteiger charge is 2.02. The Morgan fingerprint density at radius 2 is 2.21 bits per heavy atom. The summed E-state index contributed by atoms with van der Waals surface area (Å²) >= 11 is 1.82. The lowest BCUT2D eigenvalue weighted by Crippen LogP contribution is -2.15. The van der Waals surface area contributed by atoms with Gasteiger partial charge in [-0.05, 0) is 42.2 Å². The van der Waals surface area contributed by atoms with Crippen LogP contribution in [-0.4, -0.2) is 6.04 Å². The molecule has 1 unspecified atom stereocenters. The molecule has 0 aliphatic rings. The predicted molar refractivity (Wildman–Crippen MR) is 63.8 cm³/mol. The Morgan fingerprint density at radius 3 is 3.00 bits per heavy atom. The van der Waals surface area contributed by atoms with E-state index in [4.69, 9.17) is 5.73 Å². The van der Waals surface area contributed by atoms with Crippen molar-refractivity contribution in [3.8, 4) is 0 Å². The van der Waals surface area contributed by atoms with Gasteiger partial charge in [-0.1, -0.05) is 18.2 Å². The quantitative estimate of drug-likeness (QED) is 0.818. The molecule has 0 spiro atoms. The van der Waals surface area contributed by atoms with Crippen LogP contribution in [0.3, 0.4) is 0 Å². The van der Waals surface area contributed by atoms with Gasteiger partial charge in [-0.25, -0.2) is 0 Å². The Balaban J connectivity index is 2.27. The van der Waals surface area contributed by atoms with Crippen LogP contribution >= 0.6 is 11.3 Å². The van der Waals surface area contributed by atoms with Crippen LogP contribution < -0.4 is 5.73 Å². The van der Waals surface area contributed by atoms with Gasteiger partial charge < -0.3 is 5.73 Å². The number of thiophene rings is 1. The molecule has 0 bridgehead atoms. The number of hydrogen-bond donors (Lipinski definition) is 1. The van der Waals surface area contributed by atoms with Gasteiger partial charge in [-0.2, -0.15) is 0 Å². The molecule has 1 heterocycles. The van der Waals surface area contributed by atoms with Crippen LogP contribution in [0.5, 0.6) is 0 Å². The van der Waals surface area contributed by atoms with E-state index in [0.29, 0.717) is 6.04 Å². The maximum Gasteiger partial charge on any atom is 0.0374 e. The van der Waals surface area contributed by atoms with Crippen LogP contribution in [0.4, 0.5) is 0 Å². The summed E-state index contributed by atoms with van der Waals surface area (Å²) in [4.78, 5) is 0. The zero-order valence-electron chi connectivity index (χ0n) is 8.36. The molecule has 0 aliphatic heterocycles. The number of benzene rings is 1. The molecular weight excluding hydrogens is 190 g/mol. The second-order valence-corrected chi connectivity index (χ2v) is 4.69. The van der Waals surface area contributed by atoms with E-state index in [2.05, 4.69) is 36.6 Å². The summed E-state index contributed by atoms with van der Waals surface area (Å²) in [7, 11) is 0. The third-order valence-electron chi connectivity index (χ3n) is 2.43. The first-order chi connectivity index (χ1) is 6.77. The van der Waals surface area contributed by atoms with E-state index < -0.39 is 0 Å². The molecule has 1 aromatic carbocycles. The second kappa shape index (κ2) is 4.11. The van der Waals surface area contributed by atoms with Crippen LogP contribution in [0.15, 0.2) is 29.6 Å². The van der Waals surface area contributed by atoms with Crippen molar-refractivity contribution in [1.82, 2.24) is 0 Å². The highest BCUT2D eigenvalue weighted by Crippen LogP contribution is 2.25. The van der Waals surface area contributed by atoms with E-state index in [0.717, 1.165) is 12.8 Å². The average Bonchev–Trinajstić information content (AvgIpc) is 2.62. The van der Waals surface area contributed by atoms with Gasteiger partial charge in [0.15, 0.2) is 0 Å². The van der Waals surface area contributed by atoms with Crippen molar-refractivity contribution in [3.05, 3.63) is 35.2 Å². The third-order valence-corrected chi connectivity index (χ3v) is 3.44. The molecular formula is C12H15NS. The monoisotopic (exact) mass is 205 g/mol. The molecule has 0 fully saturated rings. The van der Waals surface area contributed by atoms with E-state index in [-0.39, 0.29) is 0 Å². The molecule has 0 aliphatic carbocycles. The molecule has 0 saturated carbocycles. The summed E-state index contributed by atoms with van der Waals surface area (Å²) in [5.74, 6) is 0. The minimum absolute atomic E-state index is 0.296. The fourth-order valence-corrected chi connectivity index (χ4v) is 2.58. The van der Waals surface area contributed by atoms with E-state index >= 15 is 0 Å². The SMILES string of the molecule is CC(N)CCc1cccc2ccsc12. The Bertz CT molecular complexity index is 417. The second-order valence-electron chi connectivity index (χ2n) is 3.77. The van der Waals surface area contributed by atoms with Gasteiger partial charge in [0, 0.05) is 10.7 Å². The van der Waals surface area contributed by atoms with Gasteiger partial charge in [0.1, 0.15) is 0 Å². The number of nitrogens with two attached hydrogens (primary N) is 1. The smallest absolute Gasteiger partial charge is 0.0374 e. The van der Waals surface area contributed by atoms with Crippen LogP contribution in [0.1, 0.15) is 18.9 Å². The zero-order valence-corrected chi connectivity index (χ0v) is 9.18. The van der Waals surface area contributed by atoms with Crippen LogP contribution in [0.25, 0.3) is 10.1 Å². The first kappa shape index (κ1) is 9.69. The Labute approximate surface area is 88.6 Å². The van der Waals surface area contributed by atoms with Crippen molar-refractivity contribution in [1.29, 1.82) is 0 Å². The van der Waals surface area contributed by atoms with Crippen molar-refractivity contribution in [2.24, 2.45) is 5.73 Å². The largest absolute Gasteiger partial charge is 0.328 e. The standard InChI is InChI=1S/C12H15NS/c1-9(13)5-6-10-3-2-4-11-7-8-14-12(10)11/h2-4,7-9H,5-6,13H2,1H3. The van der Waals surface area contributed by atoms with Crippen LogP contribution in [0, 0.1) is 0 Å². The van der Waals surface area contributed by atoms with Gasteiger partial charge in [-0.15, -0.1) is 11.3 Å². The molecule has 0 amide bonds. The van der Waals surface area contributed by atoms with Crippen molar-refractivity contribution in [3.63, 3.8) is 0 Å². The molecule has 0 radical (unpaired) electrons. The molecule has 0 saturated heterocycles. The first-order valence-electron chi connectivity index (χ1n) is 4.98. The molecule has 1 nitrogen and oxygen atoms in total. The van der Waals surface area contributed by atoms with Gasteiger partial charge in [-0.3, -0.25) is 0 Å². The number of rotatable bonds is 3. The highest BCUT2D eigenvalue weighted by molar-refractivity contribution is 7.17.